The number of rotatable bonds is 5. The number of carbonyl (C=O) groups excluding carboxylic acids is 1. The molecular formula is C11H13F2NO3. The molecule has 0 saturated heterocycles. The van der Waals surface area contributed by atoms with Crippen molar-refractivity contribution in [1.82, 2.24) is 4.90 Å². The fraction of sp³-hybridized carbons (Fsp3) is 0.364. The van der Waals surface area contributed by atoms with Gasteiger partial charge in [0.25, 0.3) is 12.3 Å². The number of benzene rings is 1. The zero-order chi connectivity index (χ0) is 12.8. The smallest absolute Gasteiger partial charge is 0.257 e. The number of hydrogen-bond donors (Lipinski definition) is 2. The number of amides is 1. The number of phenolic OH excluding ortho intramolecular Hbond substituents is 1. The van der Waals surface area contributed by atoms with Crippen LogP contribution in [0.4, 0.5) is 8.78 Å². The molecule has 0 atom stereocenters. The number of alkyl halides is 2. The third-order valence-electron chi connectivity index (χ3n) is 2.15. The maximum atomic E-state index is 12.2. The highest BCUT2D eigenvalue weighted by atomic mass is 19.3. The van der Waals surface area contributed by atoms with Crippen LogP contribution in [0.5, 0.6) is 5.75 Å². The van der Waals surface area contributed by atoms with E-state index in [0.717, 1.165) is 4.90 Å². The van der Waals surface area contributed by atoms with Gasteiger partial charge in [-0.1, -0.05) is 12.1 Å². The minimum Gasteiger partial charge on any atom is -0.507 e. The summed E-state index contributed by atoms with van der Waals surface area (Å²) in [5.41, 5.74) is -0.0541. The first-order valence-electron chi connectivity index (χ1n) is 5.02. The van der Waals surface area contributed by atoms with Crippen LogP contribution in [0.15, 0.2) is 24.3 Å². The standard InChI is InChI=1S/C11H13F2NO3/c12-10(13)7-14(5-6-15)11(17)8-3-1-2-4-9(8)16/h1-4,10,15-16H,5-7H2. The van der Waals surface area contributed by atoms with Crippen molar-refractivity contribution in [3.05, 3.63) is 29.8 Å². The quantitative estimate of drug-likeness (QED) is 0.816. The second kappa shape index (κ2) is 6.15. The minimum absolute atomic E-state index is 0.0541. The summed E-state index contributed by atoms with van der Waals surface area (Å²) in [5.74, 6) is -0.993. The Bertz CT molecular complexity index is 385. The van der Waals surface area contributed by atoms with E-state index >= 15 is 0 Å². The number of phenols is 1. The van der Waals surface area contributed by atoms with E-state index in [0.29, 0.717) is 0 Å². The van der Waals surface area contributed by atoms with Crippen LogP contribution in [0.3, 0.4) is 0 Å². The van der Waals surface area contributed by atoms with Gasteiger partial charge in [0.15, 0.2) is 0 Å². The molecule has 4 nitrogen and oxygen atoms in total. The molecule has 0 aromatic heterocycles. The number of halogens is 2. The molecule has 0 heterocycles. The van der Waals surface area contributed by atoms with Crippen LogP contribution in [0.2, 0.25) is 0 Å². The lowest BCUT2D eigenvalue weighted by Crippen LogP contribution is -2.37. The van der Waals surface area contributed by atoms with Crippen LogP contribution in [0, 0.1) is 0 Å². The largest absolute Gasteiger partial charge is 0.507 e. The molecule has 1 aromatic carbocycles. The fourth-order valence-corrected chi connectivity index (χ4v) is 1.39. The molecule has 0 aliphatic carbocycles. The Kier molecular flexibility index (Phi) is 4.84. The number of carbonyl (C=O) groups is 1. The zero-order valence-electron chi connectivity index (χ0n) is 9.01. The van der Waals surface area contributed by atoms with E-state index in [1.54, 1.807) is 0 Å². The van der Waals surface area contributed by atoms with E-state index in [2.05, 4.69) is 0 Å². The molecule has 6 heteroatoms. The van der Waals surface area contributed by atoms with Gasteiger partial charge in [-0.25, -0.2) is 8.78 Å². The minimum atomic E-state index is -2.68. The Hall–Kier alpha value is -1.69. The van der Waals surface area contributed by atoms with E-state index in [4.69, 9.17) is 5.11 Å². The average molecular weight is 245 g/mol. The lowest BCUT2D eigenvalue weighted by atomic mass is 10.1. The van der Waals surface area contributed by atoms with Gasteiger partial charge in [0.1, 0.15) is 5.75 Å². The molecule has 94 valence electrons. The number of aliphatic hydroxyl groups is 1. The molecule has 0 fully saturated rings. The van der Waals surface area contributed by atoms with Crippen molar-refractivity contribution in [2.24, 2.45) is 0 Å². The van der Waals surface area contributed by atoms with Crippen LogP contribution < -0.4 is 0 Å². The summed E-state index contributed by atoms with van der Waals surface area (Å²) in [6.45, 7) is -1.38. The summed E-state index contributed by atoms with van der Waals surface area (Å²) >= 11 is 0. The highest BCUT2D eigenvalue weighted by Gasteiger charge is 2.21. The van der Waals surface area contributed by atoms with Crippen molar-refractivity contribution in [2.45, 2.75) is 6.43 Å². The summed E-state index contributed by atoms with van der Waals surface area (Å²) in [4.78, 5) is 12.6. The molecular weight excluding hydrogens is 232 g/mol. The molecule has 2 N–H and O–H groups in total. The zero-order valence-corrected chi connectivity index (χ0v) is 9.01. The SMILES string of the molecule is O=C(c1ccccc1O)N(CCO)CC(F)F. The molecule has 0 aliphatic rings. The number of hydrogen-bond acceptors (Lipinski definition) is 3. The second-order valence-corrected chi connectivity index (χ2v) is 3.38. The number of aromatic hydroxyl groups is 1. The van der Waals surface area contributed by atoms with Gasteiger partial charge in [-0.15, -0.1) is 0 Å². The third-order valence-corrected chi connectivity index (χ3v) is 2.15. The van der Waals surface area contributed by atoms with Gasteiger partial charge in [-0.3, -0.25) is 4.79 Å². The monoisotopic (exact) mass is 245 g/mol. The van der Waals surface area contributed by atoms with E-state index in [9.17, 15) is 18.7 Å². The van der Waals surface area contributed by atoms with Crippen LogP contribution in [-0.4, -0.2) is 47.1 Å². The Morgan fingerprint density at radius 2 is 2.00 bits per heavy atom. The number of para-hydroxylation sites is 1. The topological polar surface area (TPSA) is 60.8 Å². The number of aliphatic hydroxyl groups excluding tert-OH is 1. The molecule has 0 spiro atoms. The molecule has 0 aliphatic heterocycles. The predicted octanol–water partition coefficient (Wildman–Crippen LogP) is 1.09. The van der Waals surface area contributed by atoms with Crippen molar-refractivity contribution in [2.75, 3.05) is 19.7 Å². The van der Waals surface area contributed by atoms with E-state index < -0.39 is 25.5 Å². The molecule has 1 aromatic rings. The lowest BCUT2D eigenvalue weighted by Gasteiger charge is -2.21. The van der Waals surface area contributed by atoms with E-state index in [1.165, 1.54) is 24.3 Å². The van der Waals surface area contributed by atoms with Crippen LogP contribution >= 0.6 is 0 Å². The summed E-state index contributed by atoms with van der Waals surface area (Å²) in [6.07, 6.45) is -2.68. The van der Waals surface area contributed by atoms with Crippen molar-refractivity contribution in [1.29, 1.82) is 0 Å². The maximum absolute atomic E-state index is 12.2. The summed E-state index contributed by atoms with van der Waals surface area (Å²) in [6, 6.07) is 5.68. The van der Waals surface area contributed by atoms with Crippen LogP contribution in [0.1, 0.15) is 10.4 Å². The van der Waals surface area contributed by atoms with Gasteiger partial charge in [0, 0.05) is 6.54 Å². The predicted molar refractivity (Wildman–Crippen MR) is 57.1 cm³/mol. The molecule has 17 heavy (non-hydrogen) atoms. The first-order chi connectivity index (χ1) is 8.06. The van der Waals surface area contributed by atoms with Crippen molar-refractivity contribution < 1.29 is 23.8 Å². The van der Waals surface area contributed by atoms with Gasteiger partial charge in [0.2, 0.25) is 0 Å². The molecule has 1 amide bonds. The van der Waals surface area contributed by atoms with Gasteiger partial charge in [-0.05, 0) is 12.1 Å². The molecule has 1 rings (SSSR count). The Morgan fingerprint density at radius 3 is 2.53 bits per heavy atom. The Labute approximate surface area is 97.1 Å². The third kappa shape index (κ3) is 3.67. The van der Waals surface area contributed by atoms with Crippen molar-refractivity contribution in [3.8, 4) is 5.75 Å². The first kappa shape index (κ1) is 13.4. The van der Waals surface area contributed by atoms with Crippen molar-refractivity contribution >= 4 is 5.91 Å². The molecule has 0 bridgehead atoms. The van der Waals surface area contributed by atoms with Crippen molar-refractivity contribution in [3.63, 3.8) is 0 Å². The van der Waals surface area contributed by atoms with Crippen LogP contribution in [0.25, 0.3) is 0 Å². The highest BCUT2D eigenvalue weighted by molar-refractivity contribution is 5.96. The van der Waals surface area contributed by atoms with Gasteiger partial charge in [0.05, 0.1) is 18.7 Å². The Morgan fingerprint density at radius 1 is 1.35 bits per heavy atom. The number of nitrogens with zero attached hydrogens (tertiary/aromatic N) is 1. The average Bonchev–Trinajstić information content (AvgIpc) is 2.28. The summed E-state index contributed by atoms with van der Waals surface area (Å²) < 4.78 is 24.5. The van der Waals surface area contributed by atoms with E-state index in [1.807, 2.05) is 0 Å². The van der Waals surface area contributed by atoms with Crippen LogP contribution in [-0.2, 0) is 0 Å². The maximum Gasteiger partial charge on any atom is 0.257 e. The molecule has 0 unspecified atom stereocenters. The van der Waals surface area contributed by atoms with Gasteiger partial charge < -0.3 is 15.1 Å². The summed E-state index contributed by atoms with van der Waals surface area (Å²) in [7, 11) is 0. The second-order valence-electron chi connectivity index (χ2n) is 3.38. The lowest BCUT2D eigenvalue weighted by molar-refractivity contribution is 0.0506. The van der Waals surface area contributed by atoms with Gasteiger partial charge >= 0.3 is 0 Å². The highest BCUT2D eigenvalue weighted by Crippen LogP contribution is 2.18. The molecule has 0 radical (unpaired) electrons. The molecule has 0 saturated carbocycles. The first-order valence-corrected chi connectivity index (χ1v) is 5.02. The van der Waals surface area contributed by atoms with Gasteiger partial charge in [-0.2, -0.15) is 0 Å². The normalized spacial score (nSPS) is 10.6. The fourth-order valence-electron chi connectivity index (χ4n) is 1.39. The van der Waals surface area contributed by atoms with E-state index in [-0.39, 0.29) is 17.9 Å². The Balaban J connectivity index is 2.88. The summed E-state index contributed by atoms with van der Waals surface area (Å²) in [5, 5.41) is 18.1.